The van der Waals surface area contributed by atoms with Crippen molar-refractivity contribution in [2.45, 2.75) is 0 Å². The van der Waals surface area contributed by atoms with E-state index < -0.39 is 0 Å². The second-order valence-electron chi connectivity index (χ2n) is 3.11. The Bertz CT molecular complexity index is 437. The zero-order chi connectivity index (χ0) is 9.80. The standard InChI is InChI=1S/C13H10O/c14-10-11-7-8-12-5-3-1-2-4-6-13(12)9-11/h1-10H. The van der Waals surface area contributed by atoms with E-state index in [0.29, 0.717) is 5.56 Å². The summed E-state index contributed by atoms with van der Waals surface area (Å²) in [5.74, 6) is 0. The molecule has 0 unspecified atom stereocenters. The molecule has 1 aliphatic rings. The van der Waals surface area contributed by atoms with E-state index >= 15 is 0 Å². The first kappa shape index (κ1) is 8.70. The number of hydrogen-bond acceptors (Lipinski definition) is 1. The van der Waals surface area contributed by atoms with Crippen molar-refractivity contribution < 1.29 is 4.79 Å². The lowest BCUT2D eigenvalue weighted by Gasteiger charge is -2.02. The number of allylic oxidation sites excluding steroid dienone is 4. The van der Waals surface area contributed by atoms with Crippen LogP contribution in [0.5, 0.6) is 0 Å². The van der Waals surface area contributed by atoms with Gasteiger partial charge >= 0.3 is 0 Å². The molecular formula is C13H10O. The number of fused-ring (bicyclic) bond motifs is 1. The highest BCUT2D eigenvalue weighted by molar-refractivity contribution is 5.79. The maximum absolute atomic E-state index is 10.6. The highest BCUT2D eigenvalue weighted by Crippen LogP contribution is 2.16. The second-order valence-corrected chi connectivity index (χ2v) is 3.11. The van der Waals surface area contributed by atoms with Gasteiger partial charge in [-0.1, -0.05) is 48.6 Å². The van der Waals surface area contributed by atoms with Crippen molar-refractivity contribution >= 4 is 18.4 Å². The van der Waals surface area contributed by atoms with Crippen LogP contribution in [-0.2, 0) is 0 Å². The smallest absolute Gasteiger partial charge is 0.150 e. The average Bonchev–Trinajstić information content (AvgIpc) is 2.18. The summed E-state index contributed by atoms with van der Waals surface area (Å²) in [6.45, 7) is 0. The predicted octanol–water partition coefficient (Wildman–Crippen LogP) is 3.10. The summed E-state index contributed by atoms with van der Waals surface area (Å²) in [5.41, 5.74) is 2.93. The van der Waals surface area contributed by atoms with Crippen molar-refractivity contribution in [3.8, 4) is 0 Å². The van der Waals surface area contributed by atoms with Gasteiger partial charge in [-0.05, 0) is 17.2 Å². The summed E-state index contributed by atoms with van der Waals surface area (Å²) >= 11 is 0. The lowest BCUT2D eigenvalue weighted by molar-refractivity contribution is 0.112. The minimum Gasteiger partial charge on any atom is -0.298 e. The molecule has 0 N–H and O–H groups in total. The van der Waals surface area contributed by atoms with Crippen molar-refractivity contribution in [2.24, 2.45) is 0 Å². The molecule has 0 aromatic heterocycles. The Morgan fingerprint density at radius 2 is 1.57 bits per heavy atom. The molecule has 0 saturated heterocycles. The first-order chi connectivity index (χ1) is 6.90. The highest BCUT2D eigenvalue weighted by Gasteiger charge is 1.98. The monoisotopic (exact) mass is 182 g/mol. The van der Waals surface area contributed by atoms with Gasteiger partial charge in [0.2, 0.25) is 0 Å². The number of carbonyl (C=O) groups is 1. The van der Waals surface area contributed by atoms with E-state index in [2.05, 4.69) is 0 Å². The first-order valence-corrected chi connectivity index (χ1v) is 4.51. The van der Waals surface area contributed by atoms with Gasteiger partial charge in [-0.3, -0.25) is 4.79 Å². The van der Waals surface area contributed by atoms with Crippen LogP contribution in [0.25, 0.3) is 12.2 Å². The molecule has 1 aromatic rings. The van der Waals surface area contributed by atoms with Gasteiger partial charge in [0.25, 0.3) is 0 Å². The largest absolute Gasteiger partial charge is 0.298 e. The zero-order valence-electron chi connectivity index (χ0n) is 7.68. The van der Waals surface area contributed by atoms with Gasteiger partial charge in [0.05, 0.1) is 0 Å². The van der Waals surface area contributed by atoms with Gasteiger partial charge in [-0.25, -0.2) is 0 Å². The van der Waals surface area contributed by atoms with E-state index in [1.807, 2.05) is 54.7 Å². The number of carbonyl (C=O) groups excluding carboxylic acids is 1. The SMILES string of the molecule is O=Cc1ccc2c(c1)C=CC=CC=C2. The average molecular weight is 182 g/mol. The third kappa shape index (κ3) is 1.72. The Morgan fingerprint density at radius 3 is 2.29 bits per heavy atom. The van der Waals surface area contributed by atoms with Crippen LogP contribution >= 0.6 is 0 Å². The van der Waals surface area contributed by atoms with E-state index in [9.17, 15) is 4.79 Å². The van der Waals surface area contributed by atoms with E-state index in [1.54, 1.807) is 0 Å². The molecule has 0 bridgehead atoms. The molecule has 0 heterocycles. The number of aldehydes is 1. The maximum Gasteiger partial charge on any atom is 0.150 e. The van der Waals surface area contributed by atoms with Crippen LogP contribution < -0.4 is 0 Å². The van der Waals surface area contributed by atoms with Crippen LogP contribution in [0.4, 0.5) is 0 Å². The van der Waals surface area contributed by atoms with Gasteiger partial charge in [0.15, 0.2) is 0 Å². The molecule has 1 heteroatoms. The molecule has 1 aromatic carbocycles. The lowest BCUT2D eigenvalue weighted by Crippen LogP contribution is -1.86. The molecule has 0 fully saturated rings. The normalized spacial score (nSPS) is 13.1. The quantitative estimate of drug-likeness (QED) is 0.610. The molecule has 68 valence electrons. The molecule has 1 aliphatic carbocycles. The molecule has 1 nitrogen and oxygen atoms in total. The number of benzene rings is 1. The molecule has 0 aliphatic heterocycles. The van der Waals surface area contributed by atoms with Crippen molar-refractivity contribution in [3.05, 3.63) is 59.2 Å². The lowest BCUT2D eigenvalue weighted by atomic mass is 10.0. The fourth-order valence-electron chi connectivity index (χ4n) is 1.41. The molecule has 0 saturated carbocycles. The maximum atomic E-state index is 10.6. The summed E-state index contributed by atoms with van der Waals surface area (Å²) < 4.78 is 0. The van der Waals surface area contributed by atoms with Crippen LogP contribution in [0.3, 0.4) is 0 Å². The van der Waals surface area contributed by atoms with Crippen LogP contribution in [0.2, 0.25) is 0 Å². The molecule has 0 spiro atoms. The summed E-state index contributed by atoms with van der Waals surface area (Å²) in [7, 11) is 0. The third-order valence-corrected chi connectivity index (χ3v) is 2.13. The fraction of sp³-hybridized carbons (Fsp3) is 0. The molecule has 2 rings (SSSR count). The van der Waals surface area contributed by atoms with Crippen LogP contribution in [-0.4, -0.2) is 6.29 Å². The summed E-state index contributed by atoms with van der Waals surface area (Å²) in [6.07, 6.45) is 12.8. The minimum absolute atomic E-state index is 0.714. The van der Waals surface area contributed by atoms with Crippen molar-refractivity contribution in [1.29, 1.82) is 0 Å². The van der Waals surface area contributed by atoms with Gasteiger partial charge < -0.3 is 0 Å². The van der Waals surface area contributed by atoms with Crippen molar-refractivity contribution in [3.63, 3.8) is 0 Å². The van der Waals surface area contributed by atoms with Crippen LogP contribution in [0, 0.1) is 0 Å². The Hall–Kier alpha value is -1.89. The van der Waals surface area contributed by atoms with Gasteiger partial charge in [-0.15, -0.1) is 0 Å². The molecule has 0 atom stereocenters. The Kier molecular flexibility index (Phi) is 2.41. The molecule has 14 heavy (non-hydrogen) atoms. The highest BCUT2D eigenvalue weighted by atomic mass is 16.1. The van der Waals surface area contributed by atoms with Gasteiger partial charge in [-0.2, -0.15) is 0 Å². The van der Waals surface area contributed by atoms with Crippen molar-refractivity contribution in [1.82, 2.24) is 0 Å². The van der Waals surface area contributed by atoms with Crippen molar-refractivity contribution in [2.75, 3.05) is 0 Å². The second kappa shape index (κ2) is 3.88. The van der Waals surface area contributed by atoms with E-state index in [1.165, 1.54) is 0 Å². The van der Waals surface area contributed by atoms with Crippen LogP contribution in [0.1, 0.15) is 21.5 Å². The Balaban J connectivity index is 2.54. The topological polar surface area (TPSA) is 17.1 Å². The van der Waals surface area contributed by atoms with Crippen LogP contribution in [0.15, 0.2) is 42.5 Å². The van der Waals surface area contributed by atoms with E-state index in [-0.39, 0.29) is 0 Å². The predicted molar refractivity (Wildman–Crippen MR) is 59.0 cm³/mol. The number of rotatable bonds is 1. The van der Waals surface area contributed by atoms with E-state index in [4.69, 9.17) is 0 Å². The van der Waals surface area contributed by atoms with E-state index in [0.717, 1.165) is 17.4 Å². The summed E-state index contributed by atoms with van der Waals surface area (Å²) in [4.78, 5) is 10.6. The third-order valence-electron chi connectivity index (χ3n) is 2.13. The Labute approximate surface area is 83.1 Å². The number of hydrogen-bond donors (Lipinski definition) is 0. The molecule has 0 amide bonds. The van der Waals surface area contributed by atoms with Gasteiger partial charge in [0, 0.05) is 5.56 Å². The molecular weight excluding hydrogens is 172 g/mol. The first-order valence-electron chi connectivity index (χ1n) is 4.51. The minimum atomic E-state index is 0.714. The molecule has 0 radical (unpaired) electrons. The zero-order valence-corrected chi connectivity index (χ0v) is 7.68. The fourth-order valence-corrected chi connectivity index (χ4v) is 1.41. The van der Waals surface area contributed by atoms with Gasteiger partial charge in [0.1, 0.15) is 6.29 Å². The summed E-state index contributed by atoms with van der Waals surface area (Å²) in [5, 5.41) is 0. The summed E-state index contributed by atoms with van der Waals surface area (Å²) in [6, 6.07) is 5.68. The Morgan fingerprint density at radius 1 is 0.857 bits per heavy atom.